The Kier molecular flexibility index (Phi) is 5.10. The first-order valence-corrected chi connectivity index (χ1v) is 7.95. The van der Waals surface area contributed by atoms with Gasteiger partial charge in [-0.15, -0.1) is 11.3 Å². The van der Waals surface area contributed by atoms with E-state index in [1.54, 1.807) is 11.3 Å². The predicted molar refractivity (Wildman–Crippen MR) is 84.8 cm³/mol. The van der Waals surface area contributed by atoms with Gasteiger partial charge in [-0.3, -0.25) is 0 Å². The van der Waals surface area contributed by atoms with Crippen LogP contribution in [0.25, 0.3) is 0 Å². The normalized spacial score (nSPS) is 10.6. The fourth-order valence-corrected chi connectivity index (χ4v) is 3.57. The molecule has 0 spiro atoms. The third-order valence-electron chi connectivity index (χ3n) is 2.69. The number of benzene rings is 1. The van der Waals surface area contributed by atoms with Crippen molar-refractivity contribution in [3.8, 4) is 0 Å². The first-order chi connectivity index (χ1) is 8.70. The molecule has 0 radical (unpaired) electrons. The van der Waals surface area contributed by atoms with E-state index in [1.165, 1.54) is 16.1 Å². The molecule has 0 saturated heterocycles. The summed E-state index contributed by atoms with van der Waals surface area (Å²) < 4.78 is 1.79. The predicted octanol–water partition coefficient (Wildman–Crippen LogP) is 5.73. The van der Waals surface area contributed by atoms with Crippen LogP contribution >= 0.6 is 38.9 Å². The Morgan fingerprint density at radius 3 is 2.78 bits per heavy atom. The molecule has 0 amide bonds. The number of hydrogen-bond acceptors (Lipinski definition) is 2. The van der Waals surface area contributed by atoms with E-state index in [0.717, 1.165) is 28.2 Å². The fourth-order valence-electron chi connectivity index (χ4n) is 1.84. The van der Waals surface area contributed by atoms with E-state index in [-0.39, 0.29) is 0 Å². The van der Waals surface area contributed by atoms with E-state index in [2.05, 4.69) is 58.5 Å². The van der Waals surface area contributed by atoms with Gasteiger partial charge in [0.25, 0.3) is 0 Å². The first kappa shape index (κ1) is 13.9. The SMILES string of the molecule is CCCc1ccccc1NCc1cc(Br)c(Cl)s1. The molecule has 0 fully saturated rings. The van der Waals surface area contributed by atoms with Crippen LogP contribution in [0.1, 0.15) is 23.8 Å². The number of para-hydroxylation sites is 1. The zero-order valence-corrected chi connectivity index (χ0v) is 13.3. The topological polar surface area (TPSA) is 12.0 Å². The van der Waals surface area contributed by atoms with Gasteiger partial charge in [0, 0.05) is 21.6 Å². The van der Waals surface area contributed by atoms with Crippen molar-refractivity contribution in [2.24, 2.45) is 0 Å². The minimum Gasteiger partial charge on any atom is -0.380 e. The van der Waals surface area contributed by atoms with Crippen molar-refractivity contribution in [2.75, 3.05) is 5.32 Å². The Morgan fingerprint density at radius 1 is 1.33 bits per heavy atom. The minimum atomic E-state index is 0.814. The Hall–Kier alpha value is -0.510. The summed E-state index contributed by atoms with van der Waals surface area (Å²) in [7, 11) is 0. The van der Waals surface area contributed by atoms with Gasteiger partial charge in [0.05, 0.1) is 0 Å². The summed E-state index contributed by atoms with van der Waals surface area (Å²) in [6.45, 7) is 3.02. The molecular weight excluding hydrogens is 330 g/mol. The standard InChI is InChI=1S/C14H15BrClNS/c1-2-5-10-6-3-4-7-13(10)17-9-11-8-12(15)14(16)18-11/h3-4,6-8,17H,2,5,9H2,1H3. The second-order valence-corrected chi connectivity index (χ2v) is 6.69. The molecule has 96 valence electrons. The van der Waals surface area contributed by atoms with Crippen molar-refractivity contribution in [1.29, 1.82) is 0 Å². The number of hydrogen-bond donors (Lipinski definition) is 1. The van der Waals surface area contributed by atoms with Gasteiger partial charge in [-0.05, 0) is 40.0 Å². The molecule has 0 unspecified atom stereocenters. The Morgan fingerprint density at radius 2 is 2.11 bits per heavy atom. The molecule has 4 heteroatoms. The van der Waals surface area contributed by atoms with Gasteiger partial charge in [0.15, 0.2) is 0 Å². The molecule has 0 atom stereocenters. The van der Waals surface area contributed by atoms with E-state index in [4.69, 9.17) is 11.6 Å². The molecule has 1 heterocycles. The molecule has 0 saturated carbocycles. The highest BCUT2D eigenvalue weighted by Gasteiger charge is 2.05. The van der Waals surface area contributed by atoms with Gasteiger partial charge < -0.3 is 5.32 Å². The van der Waals surface area contributed by atoms with Crippen LogP contribution in [-0.4, -0.2) is 0 Å². The Labute approximate surface area is 125 Å². The molecule has 0 aliphatic heterocycles. The van der Waals surface area contributed by atoms with Crippen molar-refractivity contribution in [1.82, 2.24) is 0 Å². The molecule has 1 aromatic carbocycles. The van der Waals surface area contributed by atoms with Gasteiger partial charge in [0.2, 0.25) is 0 Å². The maximum atomic E-state index is 6.04. The van der Waals surface area contributed by atoms with Crippen molar-refractivity contribution < 1.29 is 0 Å². The third kappa shape index (κ3) is 3.50. The summed E-state index contributed by atoms with van der Waals surface area (Å²) in [6, 6.07) is 10.6. The van der Waals surface area contributed by atoms with Crippen LogP contribution in [0.2, 0.25) is 4.34 Å². The number of nitrogens with one attached hydrogen (secondary N) is 1. The maximum absolute atomic E-state index is 6.04. The van der Waals surface area contributed by atoms with E-state index < -0.39 is 0 Å². The summed E-state index contributed by atoms with van der Waals surface area (Å²) in [5.74, 6) is 0. The monoisotopic (exact) mass is 343 g/mol. The molecule has 18 heavy (non-hydrogen) atoms. The largest absolute Gasteiger partial charge is 0.380 e. The number of thiophene rings is 1. The van der Waals surface area contributed by atoms with E-state index in [0.29, 0.717) is 0 Å². The average molecular weight is 345 g/mol. The van der Waals surface area contributed by atoms with Gasteiger partial charge in [-0.25, -0.2) is 0 Å². The highest BCUT2D eigenvalue weighted by atomic mass is 79.9. The summed E-state index contributed by atoms with van der Waals surface area (Å²) >= 11 is 11.1. The molecule has 1 aromatic heterocycles. The zero-order chi connectivity index (χ0) is 13.0. The van der Waals surface area contributed by atoms with Crippen LogP contribution in [0.4, 0.5) is 5.69 Å². The molecule has 1 N–H and O–H groups in total. The van der Waals surface area contributed by atoms with Crippen LogP contribution in [-0.2, 0) is 13.0 Å². The van der Waals surface area contributed by atoms with Crippen LogP contribution in [0.15, 0.2) is 34.8 Å². The van der Waals surface area contributed by atoms with Crippen LogP contribution in [0.5, 0.6) is 0 Å². The summed E-state index contributed by atoms with van der Waals surface area (Å²) in [6.07, 6.45) is 2.27. The van der Waals surface area contributed by atoms with Gasteiger partial charge >= 0.3 is 0 Å². The number of aryl methyl sites for hydroxylation is 1. The van der Waals surface area contributed by atoms with Crippen molar-refractivity contribution in [2.45, 2.75) is 26.3 Å². The van der Waals surface area contributed by atoms with Crippen LogP contribution < -0.4 is 5.32 Å². The van der Waals surface area contributed by atoms with E-state index in [1.807, 2.05) is 0 Å². The quantitative estimate of drug-likeness (QED) is 0.730. The van der Waals surface area contributed by atoms with Gasteiger partial charge in [0.1, 0.15) is 4.34 Å². The molecule has 0 aliphatic rings. The number of rotatable bonds is 5. The highest BCUT2D eigenvalue weighted by Crippen LogP contribution is 2.32. The molecule has 2 rings (SSSR count). The summed E-state index contributed by atoms with van der Waals surface area (Å²) in [5, 5.41) is 3.49. The van der Waals surface area contributed by atoms with Crippen molar-refractivity contribution >= 4 is 44.6 Å². The molecule has 0 aliphatic carbocycles. The van der Waals surface area contributed by atoms with Crippen molar-refractivity contribution in [3.05, 3.63) is 49.6 Å². The highest BCUT2D eigenvalue weighted by molar-refractivity contribution is 9.10. The lowest BCUT2D eigenvalue weighted by Crippen LogP contribution is -2.00. The number of halogens is 2. The fraction of sp³-hybridized carbons (Fsp3) is 0.286. The molecular formula is C14H15BrClNS. The molecule has 1 nitrogen and oxygen atoms in total. The second-order valence-electron chi connectivity index (χ2n) is 4.10. The lowest BCUT2D eigenvalue weighted by molar-refractivity contribution is 0.920. The smallest absolute Gasteiger partial charge is 0.107 e. The third-order valence-corrected chi connectivity index (χ3v) is 5.16. The minimum absolute atomic E-state index is 0.814. The van der Waals surface area contributed by atoms with E-state index in [9.17, 15) is 0 Å². The molecule has 0 bridgehead atoms. The Balaban J connectivity index is 2.05. The van der Waals surface area contributed by atoms with Crippen molar-refractivity contribution in [3.63, 3.8) is 0 Å². The number of anilines is 1. The van der Waals surface area contributed by atoms with Crippen LogP contribution in [0, 0.1) is 0 Å². The van der Waals surface area contributed by atoms with Crippen LogP contribution in [0.3, 0.4) is 0 Å². The first-order valence-electron chi connectivity index (χ1n) is 5.96. The van der Waals surface area contributed by atoms with E-state index >= 15 is 0 Å². The summed E-state index contributed by atoms with van der Waals surface area (Å²) in [5.41, 5.74) is 2.60. The lowest BCUT2D eigenvalue weighted by atomic mass is 10.1. The van der Waals surface area contributed by atoms with Gasteiger partial charge in [-0.1, -0.05) is 43.1 Å². The summed E-state index contributed by atoms with van der Waals surface area (Å²) in [4.78, 5) is 1.23. The lowest BCUT2D eigenvalue weighted by Gasteiger charge is -2.10. The maximum Gasteiger partial charge on any atom is 0.107 e. The average Bonchev–Trinajstić information content (AvgIpc) is 2.68. The zero-order valence-electron chi connectivity index (χ0n) is 10.2. The van der Waals surface area contributed by atoms with Gasteiger partial charge in [-0.2, -0.15) is 0 Å². The molecule has 2 aromatic rings. The Bertz CT molecular complexity index is 505. The second kappa shape index (κ2) is 6.60.